The van der Waals surface area contributed by atoms with Crippen LogP contribution in [-0.2, 0) is 19.5 Å². The number of hydrogen-bond donors (Lipinski definition) is 1. The van der Waals surface area contributed by atoms with Crippen molar-refractivity contribution in [3.8, 4) is 11.3 Å². The molecule has 1 aliphatic carbocycles. The van der Waals surface area contributed by atoms with Crippen LogP contribution < -0.4 is 5.32 Å². The van der Waals surface area contributed by atoms with Gasteiger partial charge in [0.1, 0.15) is 5.69 Å². The van der Waals surface area contributed by atoms with Crippen molar-refractivity contribution in [2.45, 2.75) is 51.6 Å². The van der Waals surface area contributed by atoms with Crippen molar-refractivity contribution in [3.05, 3.63) is 48.2 Å². The van der Waals surface area contributed by atoms with Gasteiger partial charge in [-0.1, -0.05) is 12.5 Å². The van der Waals surface area contributed by atoms with E-state index in [9.17, 15) is 4.79 Å². The molecule has 3 aromatic heterocycles. The molecule has 1 saturated carbocycles. The maximum absolute atomic E-state index is 12.7. The minimum Gasteiger partial charge on any atom is -0.318 e. The highest BCUT2D eigenvalue weighted by Crippen LogP contribution is 2.28. The zero-order chi connectivity index (χ0) is 18.9. The van der Waals surface area contributed by atoms with Crippen LogP contribution in [0.5, 0.6) is 0 Å². The molecule has 1 N–H and O–H groups in total. The number of amides is 1. The Morgan fingerprint density at radius 1 is 1.14 bits per heavy atom. The van der Waals surface area contributed by atoms with E-state index < -0.39 is 0 Å². The summed E-state index contributed by atoms with van der Waals surface area (Å²) < 4.78 is 3.98. The fourth-order valence-corrected chi connectivity index (χ4v) is 4.01. The molecule has 0 saturated heterocycles. The van der Waals surface area contributed by atoms with Gasteiger partial charge in [0.25, 0.3) is 5.91 Å². The number of anilines is 1. The molecule has 0 atom stereocenters. The highest BCUT2D eigenvalue weighted by atomic mass is 16.1. The van der Waals surface area contributed by atoms with E-state index in [1.54, 1.807) is 12.3 Å². The van der Waals surface area contributed by atoms with Crippen molar-refractivity contribution in [1.82, 2.24) is 24.5 Å². The largest absolute Gasteiger partial charge is 0.318 e. The second kappa shape index (κ2) is 7.22. The zero-order valence-electron chi connectivity index (χ0n) is 15.8. The normalized spacial score (nSPS) is 16.4. The summed E-state index contributed by atoms with van der Waals surface area (Å²) in [5, 5.41) is 11.8. The number of fused-ring (bicyclic) bond motifs is 1. The van der Waals surface area contributed by atoms with Crippen molar-refractivity contribution in [2.75, 3.05) is 5.32 Å². The second-order valence-corrected chi connectivity index (χ2v) is 7.80. The minimum atomic E-state index is -0.217. The van der Waals surface area contributed by atoms with Gasteiger partial charge in [0, 0.05) is 30.5 Å². The predicted molar refractivity (Wildman–Crippen MR) is 106 cm³/mol. The number of hydrogen-bond acceptors (Lipinski definition) is 4. The number of rotatable bonds is 5. The SMILES string of the molecule is O=C(Nc1cnn(CC2CCC2)c1)c1cccc(-c2cnn3c2CCCC3)n1. The Labute approximate surface area is 163 Å². The van der Waals surface area contributed by atoms with Crippen LogP contribution in [0, 0.1) is 5.92 Å². The fraction of sp³-hybridized carbons (Fsp3) is 0.429. The zero-order valence-corrected chi connectivity index (χ0v) is 15.8. The van der Waals surface area contributed by atoms with E-state index in [2.05, 4.69) is 25.2 Å². The number of aryl methyl sites for hydroxylation is 1. The molecule has 7 nitrogen and oxygen atoms in total. The fourth-order valence-electron chi connectivity index (χ4n) is 4.01. The first-order chi connectivity index (χ1) is 13.8. The van der Waals surface area contributed by atoms with Crippen LogP contribution in [0.2, 0.25) is 0 Å². The predicted octanol–water partition coefficient (Wildman–Crippen LogP) is 3.53. The van der Waals surface area contributed by atoms with Crippen LogP contribution in [0.4, 0.5) is 5.69 Å². The van der Waals surface area contributed by atoms with Crippen LogP contribution >= 0.6 is 0 Å². The van der Waals surface area contributed by atoms with Crippen LogP contribution in [0.25, 0.3) is 11.3 Å². The highest BCUT2D eigenvalue weighted by Gasteiger charge is 2.19. The summed E-state index contributed by atoms with van der Waals surface area (Å²) in [7, 11) is 0. The Balaban J connectivity index is 1.32. The van der Waals surface area contributed by atoms with E-state index in [0.29, 0.717) is 11.4 Å². The van der Waals surface area contributed by atoms with Crippen LogP contribution in [0.3, 0.4) is 0 Å². The van der Waals surface area contributed by atoms with Crippen LogP contribution in [0.15, 0.2) is 36.8 Å². The van der Waals surface area contributed by atoms with Gasteiger partial charge in [-0.05, 0) is 50.2 Å². The van der Waals surface area contributed by atoms with Crippen molar-refractivity contribution >= 4 is 11.6 Å². The molecule has 4 heterocycles. The van der Waals surface area contributed by atoms with E-state index in [0.717, 1.165) is 36.7 Å². The standard InChI is InChI=1S/C21H24N6O/c28-21(24-16-11-22-26(14-16)13-15-5-3-6-15)19-8-4-7-18(25-19)17-12-23-27-10-2-1-9-20(17)27/h4,7-8,11-12,14-15H,1-3,5-6,9-10,13H2,(H,24,28). The molecule has 1 amide bonds. The van der Waals surface area contributed by atoms with Crippen LogP contribution in [0.1, 0.15) is 48.3 Å². The molecule has 28 heavy (non-hydrogen) atoms. The van der Waals surface area contributed by atoms with Gasteiger partial charge in [0.05, 0.1) is 23.8 Å². The molecule has 0 radical (unpaired) electrons. The van der Waals surface area contributed by atoms with Gasteiger partial charge in [-0.25, -0.2) is 4.98 Å². The van der Waals surface area contributed by atoms with Crippen molar-refractivity contribution in [1.29, 1.82) is 0 Å². The molecule has 1 aliphatic heterocycles. The summed E-state index contributed by atoms with van der Waals surface area (Å²) in [6.07, 6.45) is 12.7. The first-order valence-corrected chi connectivity index (χ1v) is 10.1. The summed E-state index contributed by atoms with van der Waals surface area (Å²) in [6, 6.07) is 5.57. The number of carbonyl (C=O) groups is 1. The number of nitrogens with one attached hydrogen (secondary N) is 1. The minimum absolute atomic E-state index is 0.217. The van der Waals surface area contributed by atoms with E-state index in [1.807, 2.05) is 29.2 Å². The summed E-state index contributed by atoms with van der Waals surface area (Å²) in [5.41, 5.74) is 4.16. The third-order valence-corrected chi connectivity index (χ3v) is 5.80. The maximum Gasteiger partial charge on any atom is 0.274 e. The third kappa shape index (κ3) is 3.32. The highest BCUT2D eigenvalue weighted by molar-refractivity contribution is 6.03. The van der Waals surface area contributed by atoms with Crippen molar-refractivity contribution in [2.24, 2.45) is 5.92 Å². The van der Waals surface area contributed by atoms with E-state index in [4.69, 9.17) is 0 Å². The maximum atomic E-state index is 12.7. The van der Waals surface area contributed by atoms with Crippen LogP contribution in [-0.4, -0.2) is 30.5 Å². The molecule has 144 valence electrons. The number of nitrogens with zero attached hydrogens (tertiary/aromatic N) is 5. The molecule has 0 aromatic carbocycles. The van der Waals surface area contributed by atoms with Gasteiger partial charge in [0.2, 0.25) is 0 Å². The van der Waals surface area contributed by atoms with E-state index in [-0.39, 0.29) is 5.91 Å². The van der Waals surface area contributed by atoms with Gasteiger partial charge in [0.15, 0.2) is 0 Å². The Morgan fingerprint density at radius 3 is 2.93 bits per heavy atom. The van der Waals surface area contributed by atoms with E-state index in [1.165, 1.54) is 37.8 Å². The molecule has 5 rings (SSSR count). The number of aromatic nitrogens is 5. The Kier molecular flexibility index (Phi) is 4.43. The molecular formula is C21H24N6O. The Bertz CT molecular complexity index is 1000. The average Bonchev–Trinajstić information content (AvgIpc) is 3.31. The Morgan fingerprint density at radius 2 is 2.07 bits per heavy atom. The van der Waals surface area contributed by atoms with Gasteiger partial charge >= 0.3 is 0 Å². The molecule has 0 unspecified atom stereocenters. The van der Waals surface area contributed by atoms with Crippen molar-refractivity contribution in [3.63, 3.8) is 0 Å². The monoisotopic (exact) mass is 376 g/mol. The molecule has 1 fully saturated rings. The molecule has 2 aliphatic rings. The van der Waals surface area contributed by atoms with Gasteiger partial charge in [-0.3, -0.25) is 14.2 Å². The van der Waals surface area contributed by atoms with Gasteiger partial charge in [-0.2, -0.15) is 10.2 Å². The average molecular weight is 376 g/mol. The second-order valence-electron chi connectivity index (χ2n) is 7.80. The summed E-state index contributed by atoms with van der Waals surface area (Å²) in [4.78, 5) is 17.3. The van der Waals surface area contributed by atoms with Gasteiger partial charge < -0.3 is 5.32 Å². The van der Waals surface area contributed by atoms with Gasteiger partial charge in [-0.15, -0.1) is 0 Å². The number of pyridine rings is 1. The quantitative estimate of drug-likeness (QED) is 0.739. The molecule has 3 aromatic rings. The summed E-state index contributed by atoms with van der Waals surface area (Å²) >= 11 is 0. The first-order valence-electron chi connectivity index (χ1n) is 10.1. The topological polar surface area (TPSA) is 77.6 Å². The first kappa shape index (κ1) is 17.2. The molecule has 0 spiro atoms. The summed E-state index contributed by atoms with van der Waals surface area (Å²) in [5.74, 6) is 0.509. The summed E-state index contributed by atoms with van der Waals surface area (Å²) in [6.45, 7) is 1.89. The number of carbonyl (C=O) groups excluding carboxylic acids is 1. The lowest BCUT2D eigenvalue weighted by atomic mass is 9.85. The Hall–Kier alpha value is -2.96. The third-order valence-electron chi connectivity index (χ3n) is 5.80. The molecule has 7 heteroatoms. The smallest absolute Gasteiger partial charge is 0.274 e. The molecule has 0 bridgehead atoms. The lowest BCUT2D eigenvalue weighted by molar-refractivity contribution is 0.102. The molecular weight excluding hydrogens is 352 g/mol. The lowest BCUT2D eigenvalue weighted by Crippen LogP contribution is -2.18. The van der Waals surface area contributed by atoms with E-state index >= 15 is 0 Å². The lowest BCUT2D eigenvalue weighted by Gasteiger charge is -2.24. The van der Waals surface area contributed by atoms with Crippen molar-refractivity contribution < 1.29 is 4.79 Å².